The van der Waals surface area contributed by atoms with Crippen LogP contribution in [0.4, 0.5) is 0 Å². The number of rotatable bonds is 4. The molecule has 0 bridgehead atoms. The van der Waals surface area contributed by atoms with Crippen LogP contribution in [-0.2, 0) is 18.8 Å². The van der Waals surface area contributed by atoms with Gasteiger partial charge in [-0.15, -0.1) is 11.6 Å². The van der Waals surface area contributed by atoms with Crippen LogP contribution < -0.4 is 0 Å². The fourth-order valence-corrected chi connectivity index (χ4v) is 2.84. The fourth-order valence-electron chi connectivity index (χ4n) is 2.63. The summed E-state index contributed by atoms with van der Waals surface area (Å²) in [6.07, 6.45) is 1.07. The van der Waals surface area contributed by atoms with Gasteiger partial charge in [0.25, 0.3) is 0 Å². The number of alkyl halides is 1. The Morgan fingerprint density at radius 1 is 1.05 bits per heavy atom. The van der Waals surface area contributed by atoms with Crippen LogP contribution in [0.1, 0.15) is 29.4 Å². The van der Waals surface area contributed by atoms with Crippen molar-refractivity contribution in [3.63, 3.8) is 0 Å². The van der Waals surface area contributed by atoms with Gasteiger partial charge in [0.2, 0.25) is 0 Å². The third-order valence-electron chi connectivity index (χ3n) is 3.87. The average Bonchev–Trinajstić information content (AvgIpc) is 2.85. The summed E-state index contributed by atoms with van der Waals surface area (Å²) >= 11 is 6.07. The van der Waals surface area contributed by atoms with Gasteiger partial charge in [-0.25, -0.2) is 4.98 Å². The molecule has 2 aromatic carbocycles. The molecule has 0 spiro atoms. The van der Waals surface area contributed by atoms with E-state index in [9.17, 15) is 0 Å². The van der Waals surface area contributed by atoms with E-state index in [0.29, 0.717) is 5.88 Å². The summed E-state index contributed by atoms with van der Waals surface area (Å²) in [5, 5.41) is 0. The minimum Gasteiger partial charge on any atom is -0.322 e. The summed E-state index contributed by atoms with van der Waals surface area (Å²) < 4.78 is 2.21. The van der Waals surface area contributed by atoms with Crippen molar-refractivity contribution in [3.8, 4) is 0 Å². The Kier molecular flexibility index (Phi) is 3.98. The monoisotopic (exact) mass is 298 g/mol. The van der Waals surface area contributed by atoms with Crippen LogP contribution in [0, 0.1) is 6.92 Å². The number of benzene rings is 2. The molecule has 0 radical (unpaired) electrons. The zero-order chi connectivity index (χ0) is 14.8. The van der Waals surface area contributed by atoms with Crippen LogP contribution in [0.15, 0.2) is 42.5 Å². The quantitative estimate of drug-likeness (QED) is 0.639. The lowest BCUT2D eigenvalue weighted by atomic mass is 10.1. The maximum absolute atomic E-state index is 6.07. The van der Waals surface area contributed by atoms with Crippen molar-refractivity contribution in [1.82, 2.24) is 9.55 Å². The largest absolute Gasteiger partial charge is 0.322 e. The molecule has 3 rings (SSSR count). The van der Waals surface area contributed by atoms with E-state index in [4.69, 9.17) is 11.6 Å². The van der Waals surface area contributed by atoms with E-state index >= 15 is 0 Å². The summed E-state index contributed by atoms with van der Waals surface area (Å²) in [6.45, 7) is 5.07. The second-order valence-electron chi connectivity index (χ2n) is 5.41. The topological polar surface area (TPSA) is 17.8 Å². The number of nitrogens with zero attached hydrogens (tertiary/aromatic N) is 2. The molecular weight excluding hydrogens is 280 g/mol. The minimum atomic E-state index is 0.431. The van der Waals surface area contributed by atoms with Gasteiger partial charge in [0.05, 0.1) is 16.9 Å². The SMILES string of the molecule is CCc1ccc(Cn2c(CCl)nc3cc(C)ccc32)cc1. The van der Waals surface area contributed by atoms with Gasteiger partial charge in [0, 0.05) is 6.54 Å². The Hall–Kier alpha value is -1.80. The second kappa shape index (κ2) is 5.90. The van der Waals surface area contributed by atoms with E-state index in [1.165, 1.54) is 16.7 Å². The van der Waals surface area contributed by atoms with Crippen LogP contribution in [-0.4, -0.2) is 9.55 Å². The first kappa shape index (κ1) is 14.2. The Balaban J connectivity index is 2.01. The van der Waals surface area contributed by atoms with Crippen molar-refractivity contribution in [3.05, 3.63) is 65.0 Å². The molecule has 3 heteroatoms. The molecule has 1 heterocycles. The molecule has 0 aliphatic heterocycles. The second-order valence-corrected chi connectivity index (χ2v) is 5.68. The van der Waals surface area contributed by atoms with Crippen molar-refractivity contribution < 1.29 is 0 Å². The highest BCUT2D eigenvalue weighted by molar-refractivity contribution is 6.16. The summed E-state index contributed by atoms with van der Waals surface area (Å²) in [4.78, 5) is 4.65. The van der Waals surface area contributed by atoms with Gasteiger partial charge in [-0.05, 0) is 42.2 Å². The molecule has 0 fully saturated rings. The highest BCUT2D eigenvalue weighted by atomic mass is 35.5. The lowest BCUT2D eigenvalue weighted by Gasteiger charge is -2.09. The Labute approximate surface area is 130 Å². The number of imidazole rings is 1. The molecule has 0 unspecified atom stereocenters. The van der Waals surface area contributed by atoms with Gasteiger partial charge in [0.15, 0.2) is 0 Å². The van der Waals surface area contributed by atoms with Crippen molar-refractivity contribution in [2.45, 2.75) is 32.7 Å². The fraction of sp³-hybridized carbons (Fsp3) is 0.278. The molecule has 0 saturated carbocycles. The van der Waals surface area contributed by atoms with Gasteiger partial charge in [-0.1, -0.05) is 37.3 Å². The first-order valence-corrected chi connectivity index (χ1v) is 7.84. The maximum Gasteiger partial charge on any atom is 0.125 e. The third-order valence-corrected chi connectivity index (χ3v) is 4.11. The first-order chi connectivity index (χ1) is 10.2. The van der Waals surface area contributed by atoms with Crippen molar-refractivity contribution in [2.75, 3.05) is 0 Å². The summed E-state index contributed by atoms with van der Waals surface area (Å²) in [5.74, 6) is 1.36. The third kappa shape index (κ3) is 2.81. The first-order valence-electron chi connectivity index (χ1n) is 7.31. The standard InChI is InChI=1S/C18H19ClN2/c1-3-14-5-7-15(8-6-14)12-21-17-9-4-13(2)10-16(17)20-18(21)11-19/h4-10H,3,11-12H2,1-2H3. The zero-order valence-corrected chi connectivity index (χ0v) is 13.2. The van der Waals surface area contributed by atoms with E-state index in [2.05, 4.69) is 65.9 Å². The normalized spacial score (nSPS) is 11.2. The smallest absolute Gasteiger partial charge is 0.125 e. The molecule has 1 aromatic heterocycles. The lowest BCUT2D eigenvalue weighted by Crippen LogP contribution is -2.03. The summed E-state index contributed by atoms with van der Waals surface area (Å²) in [5.41, 5.74) is 6.04. The van der Waals surface area contributed by atoms with Gasteiger partial charge in [-0.2, -0.15) is 0 Å². The predicted octanol–water partition coefficient (Wildman–Crippen LogP) is 4.69. The molecule has 3 aromatic rings. The average molecular weight is 299 g/mol. The Bertz CT molecular complexity index is 757. The highest BCUT2D eigenvalue weighted by Crippen LogP contribution is 2.20. The lowest BCUT2D eigenvalue weighted by molar-refractivity contribution is 0.778. The van der Waals surface area contributed by atoms with Crippen LogP contribution in [0.3, 0.4) is 0 Å². The van der Waals surface area contributed by atoms with E-state index in [-0.39, 0.29) is 0 Å². The zero-order valence-electron chi connectivity index (χ0n) is 12.4. The van der Waals surface area contributed by atoms with E-state index in [0.717, 1.165) is 29.8 Å². The molecule has 0 amide bonds. The number of hydrogen-bond donors (Lipinski definition) is 0. The summed E-state index contributed by atoms with van der Waals surface area (Å²) in [7, 11) is 0. The van der Waals surface area contributed by atoms with E-state index < -0.39 is 0 Å². The van der Waals surface area contributed by atoms with Gasteiger partial charge in [-0.3, -0.25) is 0 Å². The van der Waals surface area contributed by atoms with Crippen LogP contribution in [0.2, 0.25) is 0 Å². The molecule has 2 nitrogen and oxygen atoms in total. The number of halogens is 1. The van der Waals surface area contributed by atoms with E-state index in [1.807, 2.05) is 0 Å². The molecule has 108 valence electrons. The van der Waals surface area contributed by atoms with Gasteiger partial charge >= 0.3 is 0 Å². The molecule has 0 aliphatic rings. The summed E-state index contributed by atoms with van der Waals surface area (Å²) in [6, 6.07) is 15.1. The van der Waals surface area contributed by atoms with Gasteiger partial charge in [0.1, 0.15) is 5.82 Å². The Morgan fingerprint density at radius 3 is 2.43 bits per heavy atom. The van der Waals surface area contributed by atoms with Crippen molar-refractivity contribution >= 4 is 22.6 Å². The molecule has 0 N–H and O–H groups in total. The predicted molar refractivity (Wildman–Crippen MR) is 88.9 cm³/mol. The number of aromatic nitrogens is 2. The van der Waals surface area contributed by atoms with Crippen LogP contribution >= 0.6 is 11.6 Å². The Morgan fingerprint density at radius 2 is 1.76 bits per heavy atom. The number of aryl methyl sites for hydroxylation is 2. The van der Waals surface area contributed by atoms with E-state index in [1.54, 1.807) is 0 Å². The molecule has 0 atom stereocenters. The van der Waals surface area contributed by atoms with Gasteiger partial charge < -0.3 is 4.57 Å². The van der Waals surface area contributed by atoms with Crippen LogP contribution in [0.5, 0.6) is 0 Å². The number of fused-ring (bicyclic) bond motifs is 1. The number of hydrogen-bond acceptors (Lipinski definition) is 1. The van der Waals surface area contributed by atoms with Crippen molar-refractivity contribution in [1.29, 1.82) is 0 Å². The minimum absolute atomic E-state index is 0.431. The molecular formula is C18H19ClN2. The molecule has 21 heavy (non-hydrogen) atoms. The van der Waals surface area contributed by atoms with Crippen LogP contribution in [0.25, 0.3) is 11.0 Å². The molecule has 0 aliphatic carbocycles. The maximum atomic E-state index is 6.07. The molecule has 0 saturated heterocycles. The van der Waals surface area contributed by atoms with Crippen molar-refractivity contribution in [2.24, 2.45) is 0 Å². The highest BCUT2D eigenvalue weighted by Gasteiger charge is 2.10.